The van der Waals surface area contributed by atoms with Crippen LogP contribution in [-0.2, 0) is 20.7 Å². The van der Waals surface area contributed by atoms with Gasteiger partial charge < -0.3 is 19.8 Å². The van der Waals surface area contributed by atoms with Crippen molar-refractivity contribution >= 4 is 28.7 Å². The fourth-order valence-electron chi connectivity index (χ4n) is 6.15. The quantitative estimate of drug-likeness (QED) is 0.151. The Morgan fingerprint density at radius 1 is 0.980 bits per heavy atom. The standard InChI is InChI=1S/C38H37F4N5O4/c1-38(2,3)51-37(49)47-20-25(50-21-34(47)36-45-31-16-28(40)29(41)17-32(31)46-36)13-14-26-30(42)18-43-19-33(26)44-35(48)15-27(22-7-5-4-6-8-22)23-9-11-24(39)12-10-23/h4-12,16-19,25,27,34H,13-15,20-21H2,1-3H3,(H,44,48)(H,45,46)/t25-,27-,34+/m1/s1. The van der Waals surface area contributed by atoms with Crippen LogP contribution in [-0.4, -0.2) is 56.7 Å². The molecule has 1 fully saturated rings. The van der Waals surface area contributed by atoms with Crippen LogP contribution >= 0.6 is 0 Å². The summed E-state index contributed by atoms with van der Waals surface area (Å²) in [4.78, 5) is 39.6. The zero-order chi connectivity index (χ0) is 36.3. The van der Waals surface area contributed by atoms with Gasteiger partial charge in [0.05, 0.1) is 48.4 Å². The van der Waals surface area contributed by atoms with Crippen LogP contribution in [0.3, 0.4) is 0 Å². The number of morpholine rings is 1. The minimum atomic E-state index is -1.05. The number of pyridine rings is 1. The summed E-state index contributed by atoms with van der Waals surface area (Å²) in [5.41, 5.74) is 1.65. The van der Waals surface area contributed by atoms with Crippen molar-refractivity contribution in [1.82, 2.24) is 19.9 Å². The summed E-state index contributed by atoms with van der Waals surface area (Å²) >= 11 is 0. The highest BCUT2D eigenvalue weighted by molar-refractivity contribution is 5.92. The number of nitrogens with one attached hydrogen (secondary N) is 2. The normalized spacial score (nSPS) is 17.0. The third-order valence-electron chi connectivity index (χ3n) is 8.61. The molecule has 3 aromatic carbocycles. The molecule has 1 saturated heterocycles. The Morgan fingerprint density at radius 2 is 1.69 bits per heavy atom. The maximum absolute atomic E-state index is 15.3. The monoisotopic (exact) mass is 703 g/mol. The van der Waals surface area contributed by atoms with Gasteiger partial charge in [-0.15, -0.1) is 0 Å². The van der Waals surface area contributed by atoms with E-state index >= 15 is 4.39 Å². The molecular weight excluding hydrogens is 666 g/mol. The second kappa shape index (κ2) is 14.9. The topological polar surface area (TPSA) is 109 Å². The maximum atomic E-state index is 15.3. The first-order valence-electron chi connectivity index (χ1n) is 16.5. The van der Waals surface area contributed by atoms with Crippen LogP contribution in [0.1, 0.15) is 68.1 Å². The number of hydrogen-bond acceptors (Lipinski definition) is 6. The molecule has 5 aromatic rings. The van der Waals surface area contributed by atoms with E-state index in [4.69, 9.17) is 9.47 Å². The van der Waals surface area contributed by atoms with E-state index in [1.165, 1.54) is 23.2 Å². The molecule has 2 N–H and O–H groups in total. The average molecular weight is 704 g/mol. The molecule has 9 nitrogen and oxygen atoms in total. The van der Waals surface area contributed by atoms with E-state index in [1.54, 1.807) is 32.9 Å². The van der Waals surface area contributed by atoms with Crippen LogP contribution in [0.15, 0.2) is 79.1 Å². The molecule has 13 heteroatoms. The molecule has 1 aliphatic heterocycles. The molecule has 6 rings (SSSR count). The van der Waals surface area contributed by atoms with E-state index in [1.807, 2.05) is 30.3 Å². The first kappa shape index (κ1) is 35.5. The van der Waals surface area contributed by atoms with Crippen LogP contribution in [0.25, 0.3) is 11.0 Å². The van der Waals surface area contributed by atoms with E-state index in [-0.39, 0.29) is 78.2 Å². The number of carbonyl (C=O) groups is 2. The third-order valence-corrected chi connectivity index (χ3v) is 8.61. The van der Waals surface area contributed by atoms with Crippen LogP contribution in [0.2, 0.25) is 0 Å². The van der Waals surface area contributed by atoms with Crippen molar-refractivity contribution in [2.45, 2.75) is 63.7 Å². The lowest BCUT2D eigenvalue weighted by molar-refractivity contribution is -0.116. The van der Waals surface area contributed by atoms with E-state index in [9.17, 15) is 22.8 Å². The first-order valence-corrected chi connectivity index (χ1v) is 16.5. The van der Waals surface area contributed by atoms with Gasteiger partial charge in [0.25, 0.3) is 0 Å². The van der Waals surface area contributed by atoms with E-state index in [0.717, 1.165) is 29.5 Å². The van der Waals surface area contributed by atoms with E-state index < -0.39 is 41.3 Å². The number of halogens is 4. The summed E-state index contributed by atoms with van der Waals surface area (Å²) in [6.07, 6.45) is 1.63. The number of nitrogens with zero attached hydrogens (tertiary/aromatic N) is 3. The number of fused-ring (bicyclic) bond motifs is 1. The van der Waals surface area contributed by atoms with Crippen LogP contribution in [0.4, 0.5) is 28.0 Å². The number of imidazole rings is 1. The van der Waals surface area contributed by atoms with Crippen LogP contribution in [0.5, 0.6) is 0 Å². The molecule has 3 heterocycles. The summed E-state index contributed by atoms with van der Waals surface area (Å²) < 4.78 is 68.6. The molecule has 266 valence electrons. The number of amides is 2. The summed E-state index contributed by atoms with van der Waals surface area (Å²) in [7, 11) is 0. The molecule has 0 bridgehead atoms. The molecule has 51 heavy (non-hydrogen) atoms. The van der Waals surface area contributed by atoms with Crippen molar-refractivity contribution in [2.24, 2.45) is 0 Å². The van der Waals surface area contributed by atoms with Crippen molar-refractivity contribution in [2.75, 3.05) is 18.5 Å². The number of H-pyrrole nitrogens is 1. The summed E-state index contributed by atoms with van der Waals surface area (Å²) in [6.45, 7) is 5.21. The minimum absolute atomic E-state index is 0.00461. The van der Waals surface area contributed by atoms with Gasteiger partial charge in [-0.3, -0.25) is 14.7 Å². The number of rotatable bonds is 9. The largest absolute Gasteiger partial charge is 0.444 e. The molecule has 2 amide bonds. The van der Waals surface area contributed by atoms with Crippen molar-refractivity contribution < 1.29 is 36.6 Å². The summed E-state index contributed by atoms with van der Waals surface area (Å²) in [6, 6.07) is 16.5. The lowest BCUT2D eigenvalue weighted by Gasteiger charge is -2.39. The van der Waals surface area contributed by atoms with Crippen molar-refractivity contribution in [3.8, 4) is 0 Å². The Kier molecular flexibility index (Phi) is 10.4. The van der Waals surface area contributed by atoms with Crippen molar-refractivity contribution in [3.63, 3.8) is 0 Å². The SMILES string of the molecule is CC(C)(C)OC(=O)N1C[C@@H](CCc2c(F)cncc2NC(=O)C[C@H](c2ccccc2)c2ccc(F)cc2)OC[C@H]1c1nc2cc(F)c(F)cc2[nH]1. The Hall–Kier alpha value is -5.30. The highest BCUT2D eigenvalue weighted by atomic mass is 19.2. The molecule has 0 spiro atoms. The fourth-order valence-corrected chi connectivity index (χ4v) is 6.15. The number of benzene rings is 3. The number of aromatic nitrogens is 3. The maximum Gasteiger partial charge on any atom is 0.411 e. The lowest BCUT2D eigenvalue weighted by Crippen LogP contribution is -2.49. The fraction of sp³-hybridized carbons (Fsp3) is 0.316. The number of ether oxygens (including phenoxy) is 2. The van der Waals surface area contributed by atoms with Crippen molar-refractivity contribution in [1.29, 1.82) is 0 Å². The molecule has 0 aliphatic carbocycles. The molecule has 1 aliphatic rings. The highest BCUT2D eigenvalue weighted by Crippen LogP contribution is 2.32. The molecule has 2 aromatic heterocycles. The predicted octanol–water partition coefficient (Wildman–Crippen LogP) is 7.98. The van der Waals surface area contributed by atoms with Crippen LogP contribution < -0.4 is 5.32 Å². The second-order valence-corrected chi connectivity index (χ2v) is 13.5. The van der Waals surface area contributed by atoms with Gasteiger partial charge in [-0.1, -0.05) is 42.5 Å². The van der Waals surface area contributed by atoms with Gasteiger partial charge in [0, 0.05) is 30.0 Å². The molecule has 0 unspecified atom stereocenters. The van der Waals surface area contributed by atoms with Crippen molar-refractivity contribution in [3.05, 3.63) is 125 Å². The Bertz CT molecular complexity index is 1980. The Balaban J connectivity index is 1.17. The van der Waals surface area contributed by atoms with Gasteiger partial charge in [-0.2, -0.15) is 0 Å². The lowest BCUT2D eigenvalue weighted by atomic mass is 9.88. The summed E-state index contributed by atoms with van der Waals surface area (Å²) in [5, 5.41) is 2.82. The second-order valence-electron chi connectivity index (χ2n) is 13.5. The van der Waals surface area contributed by atoms with E-state index in [0.29, 0.717) is 0 Å². The number of hydrogen-bond donors (Lipinski definition) is 2. The highest BCUT2D eigenvalue weighted by Gasteiger charge is 2.38. The molecule has 0 saturated carbocycles. The minimum Gasteiger partial charge on any atom is -0.444 e. The first-order chi connectivity index (χ1) is 24.3. The number of anilines is 1. The average Bonchev–Trinajstić information content (AvgIpc) is 3.49. The molecule has 0 radical (unpaired) electrons. The van der Waals surface area contributed by atoms with E-state index in [2.05, 4.69) is 20.3 Å². The van der Waals surface area contributed by atoms with Gasteiger partial charge in [0.2, 0.25) is 5.91 Å². The van der Waals surface area contributed by atoms with Gasteiger partial charge >= 0.3 is 6.09 Å². The summed E-state index contributed by atoms with van der Waals surface area (Å²) in [5.74, 6) is -3.61. The van der Waals surface area contributed by atoms with Gasteiger partial charge in [0.15, 0.2) is 11.6 Å². The zero-order valence-electron chi connectivity index (χ0n) is 28.3. The third kappa shape index (κ3) is 8.54. The van der Waals surface area contributed by atoms with Gasteiger partial charge in [-0.05, 0) is 56.9 Å². The zero-order valence-corrected chi connectivity index (χ0v) is 28.3. The van der Waals surface area contributed by atoms with Crippen LogP contribution in [0, 0.1) is 23.3 Å². The Labute approximate surface area is 292 Å². The predicted molar refractivity (Wildman–Crippen MR) is 182 cm³/mol. The Morgan fingerprint density at radius 3 is 2.41 bits per heavy atom. The number of aromatic amines is 1. The molecular formula is C38H37F4N5O4. The molecule has 3 atom stereocenters. The van der Waals surface area contributed by atoms with Gasteiger partial charge in [-0.25, -0.2) is 27.3 Å². The number of carbonyl (C=O) groups excluding carboxylic acids is 2. The smallest absolute Gasteiger partial charge is 0.411 e. The van der Waals surface area contributed by atoms with Gasteiger partial charge in [0.1, 0.15) is 29.1 Å².